The standard InChI is InChI=1S/C37H65N13O12/c1-20(2)11-25(48-32(57)18-43-28(53)14-41-27(52)13-40-23(6)51)36(61)46-16-30(55)42-17-31(56)47-22(5)35(60)45-15-29(54)44-19-33(58)49-26(12-21(3)4)37(62)50-24(34(39)59)9-7-8-10-38/h20-22,24-26H,7-19,38H2,1-6H3,(H2,39,59)(H,40,51)(H,41,52)(H,42,55)(H,43,53)(H,44,54)(H,45,60)(H,46,61)(H,47,56)(H,48,57)(H,49,58)(H,50,62)/t22-,24-,25-,26-/m0/s1. The van der Waals surface area contributed by atoms with Gasteiger partial charge in [0.05, 0.1) is 45.8 Å². The molecule has 62 heavy (non-hydrogen) atoms. The molecule has 0 aromatic rings. The molecular formula is C37H65N13O12. The lowest BCUT2D eigenvalue weighted by Gasteiger charge is -2.23. The molecular weight excluding hydrogens is 818 g/mol. The van der Waals surface area contributed by atoms with Crippen LogP contribution in [0.2, 0.25) is 0 Å². The molecule has 0 fully saturated rings. The molecule has 0 heterocycles. The second kappa shape index (κ2) is 30.6. The average molecular weight is 884 g/mol. The summed E-state index contributed by atoms with van der Waals surface area (Å²) >= 11 is 0. The third-order valence-corrected chi connectivity index (χ3v) is 8.22. The Hall–Kier alpha value is -6.40. The number of hydrogen-bond acceptors (Lipinski definition) is 13. The van der Waals surface area contributed by atoms with Crippen LogP contribution in [0, 0.1) is 11.8 Å². The van der Waals surface area contributed by atoms with Gasteiger partial charge in [-0.25, -0.2) is 0 Å². The van der Waals surface area contributed by atoms with E-state index in [1.165, 1.54) is 13.8 Å². The number of primary amides is 1. The number of amides is 12. The van der Waals surface area contributed by atoms with Crippen molar-refractivity contribution >= 4 is 70.9 Å². The molecule has 25 nitrogen and oxygen atoms in total. The summed E-state index contributed by atoms with van der Waals surface area (Å²) < 4.78 is 0. The quantitative estimate of drug-likeness (QED) is 0.0299. The van der Waals surface area contributed by atoms with E-state index in [4.69, 9.17) is 11.5 Å². The molecule has 0 aromatic heterocycles. The second-order valence-corrected chi connectivity index (χ2v) is 15.0. The van der Waals surface area contributed by atoms with Gasteiger partial charge in [-0.15, -0.1) is 0 Å². The van der Waals surface area contributed by atoms with Crippen molar-refractivity contribution in [2.45, 2.75) is 97.8 Å². The van der Waals surface area contributed by atoms with Gasteiger partial charge in [-0.05, 0) is 57.4 Å². The molecule has 0 unspecified atom stereocenters. The molecule has 0 spiro atoms. The number of carbonyl (C=O) groups is 12. The van der Waals surface area contributed by atoms with Crippen molar-refractivity contribution in [3.63, 3.8) is 0 Å². The molecule has 4 atom stereocenters. The van der Waals surface area contributed by atoms with Gasteiger partial charge in [0.15, 0.2) is 0 Å². The highest BCUT2D eigenvalue weighted by Gasteiger charge is 2.27. The largest absolute Gasteiger partial charge is 0.368 e. The molecule has 0 aliphatic rings. The Bertz CT molecular complexity index is 1590. The fraction of sp³-hybridized carbons (Fsp3) is 0.676. The monoisotopic (exact) mass is 883 g/mol. The van der Waals surface area contributed by atoms with Gasteiger partial charge in [0.1, 0.15) is 24.2 Å². The summed E-state index contributed by atoms with van der Waals surface area (Å²) in [5, 5.41) is 25.9. The Balaban J connectivity index is 4.74. The van der Waals surface area contributed by atoms with Crippen LogP contribution in [0.5, 0.6) is 0 Å². The molecule has 0 rings (SSSR count). The molecule has 15 N–H and O–H groups in total. The van der Waals surface area contributed by atoms with Gasteiger partial charge in [0.2, 0.25) is 70.9 Å². The Labute approximate surface area is 360 Å². The zero-order chi connectivity index (χ0) is 47.4. The Morgan fingerprint density at radius 2 is 0.790 bits per heavy atom. The van der Waals surface area contributed by atoms with E-state index in [0.717, 1.165) is 0 Å². The van der Waals surface area contributed by atoms with Gasteiger partial charge in [-0.2, -0.15) is 0 Å². The summed E-state index contributed by atoms with van der Waals surface area (Å²) in [5.74, 6) is -8.48. The molecule has 0 aromatic carbocycles. The van der Waals surface area contributed by atoms with Gasteiger partial charge in [0.25, 0.3) is 0 Å². The number of nitrogens with one attached hydrogen (secondary N) is 11. The minimum absolute atomic E-state index is 0.0287. The predicted octanol–water partition coefficient (Wildman–Crippen LogP) is -6.51. The van der Waals surface area contributed by atoms with Gasteiger partial charge >= 0.3 is 0 Å². The fourth-order valence-corrected chi connectivity index (χ4v) is 5.09. The van der Waals surface area contributed by atoms with E-state index in [-0.39, 0.29) is 37.6 Å². The first-order chi connectivity index (χ1) is 29.0. The SMILES string of the molecule is CC(=O)NCC(=O)NCC(=O)NCC(=O)N[C@@H](CC(C)C)C(=O)NCC(=O)NCC(=O)N[C@@H](C)C(=O)NCC(=O)NCC(=O)N[C@@H](CC(C)C)C(=O)N[C@@H](CCCCN)C(N)=O. The molecule has 0 saturated carbocycles. The predicted molar refractivity (Wildman–Crippen MR) is 221 cm³/mol. The topological polar surface area (TPSA) is 389 Å². The van der Waals surface area contributed by atoms with Crippen molar-refractivity contribution in [2.75, 3.05) is 52.4 Å². The number of carbonyl (C=O) groups excluding carboxylic acids is 12. The van der Waals surface area contributed by atoms with Crippen LogP contribution in [0.25, 0.3) is 0 Å². The minimum Gasteiger partial charge on any atom is -0.368 e. The van der Waals surface area contributed by atoms with Crippen LogP contribution < -0.4 is 70.0 Å². The number of hydrogen-bond donors (Lipinski definition) is 13. The smallest absolute Gasteiger partial charge is 0.243 e. The maximum atomic E-state index is 12.9. The zero-order valence-electron chi connectivity index (χ0n) is 36.2. The summed E-state index contributed by atoms with van der Waals surface area (Å²) in [6, 6.07) is -4.24. The highest BCUT2D eigenvalue weighted by atomic mass is 16.2. The summed E-state index contributed by atoms with van der Waals surface area (Å²) in [4.78, 5) is 147. The normalized spacial score (nSPS) is 12.5. The maximum Gasteiger partial charge on any atom is 0.243 e. The molecule has 12 amide bonds. The van der Waals surface area contributed by atoms with Crippen LogP contribution in [-0.4, -0.2) is 147 Å². The molecule has 0 bridgehead atoms. The molecule has 0 aliphatic heterocycles. The highest BCUT2D eigenvalue weighted by Crippen LogP contribution is 2.08. The summed E-state index contributed by atoms with van der Waals surface area (Å²) in [6.07, 6.45) is 1.85. The van der Waals surface area contributed by atoms with Crippen LogP contribution in [0.1, 0.15) is 73.6 Å². The van der Waals surface area contributed by atoms with E-state index in [1.807, 2.05) is 13.8 Å². The first-order valence-corrected chi connectivity index (χ1v) is 20.1. The van der Waals surface area contributed by atoms with Crippen molar-refractivity contribution < 1.29 is 57.5 Å². The van der Waals surface area contributed by atoms with Gasteiger partial charge in [-0.3, -0.25) is 57.5 Å². The first-order valence-electron chi connectivity index (χ1n) is 20.1. The average Bonchev–Trinajstić information content (AvgIpc) is 3.19. The first kappa shape index (κ1) is 55.6. The number of rotatable bonds is 30. The van der Waals surface area contributed by atoms with Gasteiger partial charge in [0, 0.05) is 6.92 Å². The van der Waals surface area contributed by atoms with Crippen LogP contribution in [0.15, 0.2) is 0 Å². The zero-order valence-corrected chi connectivity index (χ0v) is 36.2. The second-order valence-electron chi connectivity index (χ2n) is 15.0. The summed E-state index contributed by atoms with van der Waals surface area (Å²) in [7, 11) is 0. The highest BCUT2D eigenvalue weighted by molar-refractivity contribution is 5.96. The van der Waals surface area contributed by atoms with Crippen molar-refractivity contribution in [2.24, 2.45) is 23.3 Å². The molecule has 350 valence electrons. The molecule has 0 radical (unpaired) electrons. The van der Waals surface area contributed by atoms with E-state index >= 15 is 0 Å². The number of nitrogens with two attached hydrogens (primary N) is 2. The van der Waals surface area contributed by atoms with Gasteiger partial charge < -0.3 is 70.0 Å². The van der Waals surface area contributed by atoms with E-state index in [9.17, 15) is 57.5 Å². The van der Waals surface area contributed by atoms with E-state index in [2.05, 4.69) is 58.5 Å². The van der Waals surface area contributed by atoms with Gasteiger partial charge in [-0.1, -0.05) is 27.7 Å². The number of unbranched alkanes of at least 4 members (excludes halogenated alkanes) is 1. The third-order valence-electron chi connectivity index (χ3n) is 8.22. The Morgan fingerprint density at radius 1 is 0.419 bits per heavy atom. The van der Waals surface area contributed by atoms with Crippen LogP contribution in [0.4, 0.5) is 0 Å². The van der Waals surface area contributed by atoms with Crippen molar-refractivity contribution in [3.8, 4) is 0 Å². The lowest BCUT2D eigenvalue weighted by atomic mass is 10.0. The van der Waals surface area contributed by atoms with Crippen LogP contribution >= 0.6 is 0 Å². The van der Waals surface area contributed by atoms with Crippen molar-refractivity contribution in [1.29, 1.82) is 0 Å². The lowest BCUT2D eigenvalue weighted by molar-refractivity contribution is -0.132. The van der Waals surface area contributed by atoms with Crippen molar-refractivity contribution in [1.82, 2.24) is 58.5 Å². The third kappa shape index (κ3) is 27.4. The Morgan fingerprint density at radius 3 is 1.19 bits per heavy atom. The maximum absolute atomic E-state index is 12.9. The molecule has 0 aliphatic carbocycles. The summed E-state index contributed by atoms with van der Waals surface area (Å²) in [5.41, 5.74) is 10.9. The van der Waals surface area contributed by atoms with E-state index in [0.29, 0.717) is 19.4 Å². The fourth-order valence-electron chi connectivity index (χ4n) is 5.09. The molecule has 25 heteroatoms. The summed E-state index contributed by atoms with van der Waals surface area (Å²) in [6.45, 7) is 6.55. The van der Waals surface area contributed by atoms with Crippen molar-refractivity contribution in [3.05, 3.63) is 0 Å². The lowest BCUT2D eigenvalue weighted by Crippen LogP contribution is -2.54. The van der Waals surface area contributed by atoms with Crippen LogP contribution in [0.3, 0.4) is 0 Å². The van der Waals surface area contributed by atoms with Crippen LogP contribution in [-0.2, 0) is 57.5 Å². The Kier molecular flexibility index (Phi) is 27.4. The van der Waals surface area contributed by atoms with E-state index < -0.39 is 134 Å². The minimum atomic E-state index is -1.16. The molecule has 0 saturated heterocycles. The van der Waals surface area contributed by atoms with E-state index in [1.54, 1.807) is 13.8 Å².